The topological polar surface area (TPSA) is 127 Å². The Bertz CT molecular complexity index is 1260. The van der Waals surface area contributed by atoms with Gasteiger partial charge in [0.1, 0.15) is 5.82 Å². The maximum Gasteiger partial charge on any atom is 0.416 e. The fraction of sp³-hybridized carbons (Fsp3) is 0.500. The van der Waals surface area contributed by atoms with Gasteiger partial charge in [0, 0.05) is 12.6 Å². The number of nitrogens with zero attached hydrogens (tertiary/aromatic N) is 3. The van der Waals surface area contributed by atoms with E-state index < -0.39 is 66.0 Å². The number of alkyl halides is 3. The van der Waals surface area contributed by atoms with Crippen LogP contribution in [-0.4, -0.2) is 59.0 Å². The lowest BCUT2D eigenvalue weighted by Crippen LogP contribution is -2.76. The predicted molar refractivity (Wildman–Crippen MR) is 113 cm³/mol. The molecular weight excluding hydrogens is 490 g/mol. The molecule has 1 spiro atoms. The number of anilines is 1. The van der Waals surface area contributed by atoms with Crippen LogP contribution in [0.1, 0.15) is 25.3 Å². The zero-order valence-electron chi connectivity index (χ0n) is 19.3. The van der Waals surface area contributed by atoms with Crippen molar-refractivity contribution in [2.75, 3.05) is 11.4 Å². The quantitative estimate of drug-likeness (QED) is 0.465. The summed E-state index contributed by atoms with van der Waals surface area (Å²) >= 11 is 0. The molecule has 3 aliphatic heterocycles. The normalized spacial score (nSPS) is 25.5. The second-order valence-corrected chi connectivity index (χ2v) is 9.46. The predicted octanol–water partition coefficient (Wildman–Crippen LogP) is 2.25. The molecule has 2 aromatic rings. The van der Waals surface area contributed by atoms with E-state index in [4.69, 9.17) is 9.26 Å². The Morgan fingerprint density at radius 1 is 1.17 bits per heavy atom. The highest BCUT2D eigenvalue weighted by Crippen LogP contribution is 2.50. The lowest BCUT2D eigenvalue weighted by molar-refractivity contribution is -0.250. The highest BCUT2D eigenvalue weighted by Gasteiger charge is 2.65. The monoisotopic (exact) mass is 511 g/mol. The minimum absolute atomic E-state index is 0.0767. The standard InChI is InChI=1S/C22H21F4N5O5/c1-8(2)15-16-21(18(32)28-20(34)29-19(21)33)6-10-4-11(17-27-9(3)36-30-17)12(23)5-13(10)31(16)7-14(35-15)22(24,25)26/h4-5,8,14-16H,6-7H2,1-3H3,(H2,28,29,32,33,34)/t14-,15?,16+/m0/s1. The van der Waals surface area contributed by atoms with Crippen LogP contribution in [-0.2, 0) is 20.7 Å². The summed E-state index contributed by atoms with van der Waals surface area (Å²) in [5.41, 5.74) is -1.87. The van der Waals surface area contributed by atoms with Gasteiger partial charge in [-0.1, -0.05) is 19.0 Å². The molecule has 2 saturated heterocycles. The van der Waals surface area contributed by atoms with Gasteiger partial charge in [-0.25, -0.2) is 9.18 Å². The summed E-state index contributed by atoms with van der Waals surface area (Å²) in [6.07, 6.45) is -8.62. The van der Waals surface area contributed by atoms with E-state index >= 15 is 4.39 Å². The number of rotatable bonds is 2. The number of aromatic nitrogens is 2. The van der Waals surface area contributed by atoms with E-state index in [1.165, 1.54) is 17.9 Å². The first-order valence-electron chi connectivity index (χ1n) is 11.1. The number of barbiturate groups is 1. The molecule has 0 bridgehead atoms. The Balaban J connectivity index is 1.74. The SMILES string of the molecule is Cc1nc(-c2cc3c(cc2F)N2C[C@@H](C(F)(F)F)OC(C(C)C)[C@@H]2C2(C3)C(=O)NC(=O)NC2=O)no1. The minimum atomic E-state index is -4.77. The molecule has 36 heavy (non-hydrogen) atoms. The third-order valence-corrected chi connectivity index (χ3v) is 6.84. The van der Waals surface area contributed by atoms with E-state index in [-0.39, 0.29) is 35.0 Å². The molecule has 2 fully saturated rings. The van der Waals surface area contributed by atoms with Crippen LogP contribution in [0.25, 0.3) is 11.4 Å². The number of nitrogens with one attached hydrogen (secondary N) is 2. The number of imide groups is 2. The van der Waals surface area contributed by atoms with E-state index in [1.807, 2.05) is 0 Å². The van der Waals surface area contributed by atoms with Gasteiger partial charge in [-0.2, -0.15) is 18.2 Å². The summed E-state index contributed by atoms with van der Waals surface area (Å²) in [6.45, 7) is 3.89. The van der Waals surface area contributed by atoms with Gasteiger partial charge in [-0.15, -0.1) is 0 Å². The molecular formula is C22H21F4N5O5. The Morgan fingerprint density at radius 2 is 1.83 bits per heavy atom. The van der Waals surface area contributed by atoms with Crippen molar-refractivity contribution in [3.05, 3.63) is 29.4 Å². The van der Waals surface area contributed by atoms with Crippen molar-refractivity contribution in [2.45, 2.75) is 51.6 Å². The fourth-order valence-electron chi connectivity index (χ4n) is 5.27. The molecule has 0 radical (unpaired) electrons. The summed E-state index contributed by atoms with van der Waals surface area (Å²) in [4.78, 5) is 43.7. The van der Waals surface area contributed by atoms with E-state index in [0.29, 0.717) is 0 Å². The molecule has 0 saturated carbocycles. The van der Waals surface area contributed by atoms with Gasteiger partial charge in [-0.05, 0) is 30.0 Å². The van der Waals surface area contributed by atoms with Crippen molar-refractivity contribution in [1.82, 2.24) is 20.8 Å². The van der Waals surface area contributed by atoms with Crippen molar-refractivity contribution in [3.63, 3.8) is 0 Å². The number of benzene rings is 1. The first-order valence-corrected chi connectivity index (χ1v) is 11.1. The molecule has 1 aromatic heterocycles. The van der Waals surface area contributed by atoms with E-state index in [2.05, 4.69) is 20.8 Å². The number of fused-ring (bicyclic) bond motifs is 4. The summed E-state index contributed by atoms with van der Waals surface area (Å²) in [7, 11) is 0. The molecule has 192 valence electrons. The van der Waals surface area contributed by atoms with Gasteiger partial charge in [-0.3, -0.25) is 20.2 Å². The molecule has 14 heteroatoms. The van der Waals surface area contributed by atoms with E-state index in [1.54, 1.807) is 13.8 Å². The molecule has 5 rings (SSSR count). The van der Waals surface area contributed by atoms with Crippen LogP contribution in [0.2, 0.25) is 0 Å². The van der Waals surface area contributed by atoms with Crippen LogP contribution in [0.5, 0.6) is 0 Å². The summed E-state index contributed by atoms with van der Waals surface area (Å²) < 4.78 is 67.2. The number of ether oxygens (including phenoxy) is 1. The Hall–Kier alpha value is -3.55. The second kappa shape index (κ2) is 7.98. The molecule has 0 aliphatic carbocycles. The molecule has 10 nitrogen and oxygen atoms in total. The lowest BCUT2D eigenvalue weighted by atomic mass is 9.65. The van der Waals surface area contributed by atoms with Crippen molar-refractivity contribution in [3.8, 4) is 11.4 Å². The number of morpholine rings is 1. The highest BCUT2D eigenvalue weighted by atomic mass is 19.4. The average Bonchev–Trinajstić information content (AvgIpc) is 3.21. The average molecular weight is 511 g/mol. The van der Waals surface area contributed by atoms with E-state index in [0.717, 1.165) is 6.07 Å². The van der Waals surface area contributed by atoms with Gasteiger partial charge in [0.05, 0.1) is 24.3 Å². The number of halogens is 4. The zero-order chi connectivity index (χ0) is 26.2. The Kier molecular flexibility index (Phi) is 5.36. The summed E-state index contributed by atoms with van der Waals surface area (Å²) in [5, 5.41) is 7.83. The van der Waals surface area contributed by atoms with Crippen molar-refractivity contribution < 1.29 is 41.2 Å². The number of hydrogen-bond acceptors (Lipinski definition) is 8. The van der Waals surface area contributed by atoms with Gasteiger partial charge < -0.3 is 14.2 Å². The summed E-state index contributed by atoms with van der Waals surface area (Å²) in [5.74, 6) is -3.30. The number of hydrogen-bond donors (Lipinski definition) is 2. The third kappa shape index (κ3) is 3.53. The van der Waals surface area contributed by atoms with E-state index in [9.17, 15) is 27.6 Å². The second-order valence-electron chi connectivity index (χ2n) is 9.46. The zero-order valence-corrected chi connectivity index (χ0v) is 19.3. The van der Waals surface area contributed by atoms with Gasteiger partial charge in [0.25, 0.3) is 0 Å². The van der Waals surface area contributed by atoms with Crippen molar-refractivity contribution in [2.24, 2.45) is 11.3 Å². The smallest absolute Gasteiger partial charge is 0.361 e. The number of carbonyl (C=O) groups is 3. The fourth-order valence-corrected chi connectivity index (χ4v) is 5.27. The van der Waals surface area contributed by atoms with Gasteiger partial charge >= 0.3 is 12.2 Å². The largest absolute Gasteiger partial charge is 0.416 e. The number of urea groups is 1. The number of carbonyl (C=O) groups excluding carboxylic acids is 3. The number of amides is 4. The maximum absolute atomic E-state index is 15.3. The van der Waals surface area contributed by atoms with Crippen LogP contribution in [0, 0.1) is 24.1 Å². The Morgan fingerprint density at radius 3 is 2.39 bits per heavy atom. The first kappa shape index (κ1) is 24.2. The van der Waals surface area contributed by atoms with Gasteiger partial charge in [0.2, 0.25) is 23.5 Å². The molecule has 4 amide bonds. The van der Waals surface area contributed by atoms with Crippen LogP contribution >= 0.6 is 0 Å². The molecule has 4 heterocycles. The van der Waals surface area contributed by atoms with Crippen LogP contribution in [0.15, 0.2) is 16.7 Å². The van der Waals surface area contributed by atoms with Crippen LogP contribution < -0.4 is 15.5 Å². The van der Waals surface area contributed by atoms with Crippen molar-refractivity contribution >= 4 is 23.5 Å². The molecule has 1 unspecified atom stereocenters. The third-order valence-electron chi connectivity index (χ3n) is 6.84. The molecule has 2 N–H and O–H groups in total. The molecule has 3 aliphatic rings. The lowest BCUT2D eigenvalue weighted by Gasteiger charge is -2.57. The minimum Gasteiger partial charge on any atom is -0.361 e. The highest BCUT2D eigenvalue weighted by molar-refractivity contribution is 6.20. The first-order chi connectivity index (χ1) is 16.8. The maximum atomic E-state index is 15.3. The van der Waals surface area contributed by atoms with Gasteiger partial charge in [0.15, 0.2) is 11.5 Å². The summed E-state index contributed by atoms with van der Waals surface area (Å²) in [6, 6.07) is 0.0260. The Labute approximate surface area is 201 Å². The molecule has 1 aromatic carbocycles. The van der Waals surface area contributed by atoms with Crippen LogP contribution in [0.4, 0.5) is 28.0 Å². The number of aryl methyl sites for hydroxylation is 1. The molecule has 3 atom stereocenters. The van der Waals surface area contributed by atoms with Crippen molar-refractivity contribution in [1.29, 1.82) is 0 Å². The van der Waals surface area contributed by atoms with Crippen LogP contribution in [0.3, 0.4) is 0 Å².